The third-order valence-electron chi connectivity index (χ3n) is 2.86. The summed E-state index contributed by atoms with van der Waals surface area (Å²) in [4.78, 5) is 0. The van der Waals surface area contributed by atoms with Crippen LogP contribution in [0.2, 0.25) is 5.02 Å². The number of alkyl halides is 4. The highest BCUT2D eigenvalue weighted by molar-refractivity contribution is 6.30. The van der Waals surface area contributed by atoms with Gasteiger partial charge in [0.2, 0.25) is 0 Å². The van der Waals surface area contributed by atoms with E-state index in [1.165, 1.54) is 18.2 Å². The lowest BCUT2D eigenvalue weighted by atomic mass is 10.1. The van der Waals surface area contributed by atoms with Gasteiger partial charge in [-0.1, -0.05) is 17.7 Å². The molecule has 0 saturated carbocycles. The van der Waals surface area contributed by atoms with Crippen LogP contribution in [0.15, 0.2) is 36.4 Å². The predicted molar refractivity (Wildman–Crippen MR) is 77.3 cm³/mol. The van der Waals surface area contributed by atoms with E-state index in [2.05, 4.69) is 0 Å². The van der Waals surface area contributed by atoms with Crippen LogP contribution in [0, 0.1) is 6.92 Å². The van der Waals surface area contributed by atoms with Crippen LogP contribution in [0.3, 0.4) is 0 Å². The molecule has 0 N–H and O–H groups in total. The molecule has 0 spiro atoms. The standard InChI is InChI=1S/C15H11Cl2F3O/c1-9-6-11(17)3-5-13(9)21-14-4-2-10(8-16)7-12(14)15(18,19)20/h2-7H,8H2,1H3. The highest BCUT2D eigenvalue weighted by atomic mass is 35.5. The Morgan fingerprint density at radius 2 is 1.71 bits per heavy atom. The Balaban J connectivity index is 2.44. The fourth-order valence-corrected chi connectivity index (χ4v) is 2.21. The fraction of sp³-hybridized carbons (Fsp3) is 0.200. The minimum Gasteiger partial charge on any atom is -0.456 e. The van der Waals surface area contributed by atoms with E-state index in [4.69, 9.17) is 27.9 Å². The van der Waals surface area contributed by atoms with Crippen molar-refractivity contribution in [3.63, 3.8) is 0 Å². The molecule has 2 rings (SSSR count). The Hall–Kier alpha value is -1.39. The highest BCUT2D eigenvalue weighted by Gasteiger charge is 2.35. The zero-order valence-corrected chi connectivity index (χ0v) is 12.5. The van der Waals surface area contributed by atoms with Crippen molar-refractivity contribution >= 4 is 23.2 Å². The van der Waals surface area contributed by atoms with Crippen LogP contribution in [0.5, 0.6) is 11.5 Å². The number of benzene rings is 2. The van der Waals surface area contributed by atoms with E-state index in [0.717, 1.165) is 6.07 Å². The number of rotatable bonds is 3. The van der Waals surface area contributed by atoms with Crippen LogP contribution in [-0.2, 0) is 12.1 Å². The van der Waals surface area contributed by atoms with Gasteiger partial charge in [-0.3, -0.25) is 0 Å². The summed E-state index contributed by atoms with van der Waals surface area (Å²) in [6.45, 7) is 1.71. The van der Waals surface area contributed by atoms with Gasteiger partial charge in [-0.2, -0.15) is 13.2 Å². The number of halogens is 5. The molecule has 0 heterocycles. The molecule has 0 fully saturated rings. The Bertz CT molecular complexity index is 654. The van der Waals surface area contributed by atoms with E-state index < -0.39 is 11.7 Å². The summed E-state index contributed by atoms with van der Waals surface area (Å²) >= 11 is 11.4. The molecule has 0 aliphatic heterocycles. The quantitative estimate of drug-likeness (QED) is 0.607. The summed E-state index contributed by atoms with van der Waals surface area (Å²) in [6, 6.07) is 8.49. The predicted octanol–water partition coefficient (Wildman–Crippen LogP) is 6.20. The van der Waals surface area contributed by atoms with Gasteiger partial charge >= 0.3 is 6.18 Å². The molecule has 0 aliphatic carbocycles. The second kappa shape index (κ2) is 6.16. The Morgan fingerprint density at radius 1 is 1.05 bits per heavy atom. The lowest BCUT2D eigenvalue weighted by Crippen LogP contribution is -2.08. The third kappa shape index (κ3) is 3.83. The van der Waals surface area contributed by atoms with Gasteiger partial charge in [0.25, 0.3) is 0 Å². The maximum Gasteiger partial charge on any atom is 0.419 e. The molecule has 0 unspecified atom stereocenters. The molecule has 21 heavy (non-hydrogen) atoms. The van der Waals surface area contributed by atoms with Gasteiger partial charge in [-0.15, -0.1) is 11.6 Å². The maximum absolute atomic E-state index is 13.1. The van der Waals surface area contributed by atoms with Crippen molar-refractivity contribution in [3.05, 3.63) is 58.1 Å². The number of hydrogen-bond acceptors (Lipinski definition) is 1. The molecule has 0 amide bonds. The van der Waals surface area contributed by atoms with Gasteiger partial charge in [0, 0.05) is 10.9 Å². The average molecular weight is 335 g/mol. The summed E-state index contributed by atoms with van der Waals surface area (Å²) in [7, 11) is 0. The van der Waals surface area contributed by atoms with E-state index in [-0.39, 0.29) is 11.6 Å². The van der Waals surface area contributed by atoms with Crippen molar-refractivity contribution in [2.24, 2.45) is 0 Å². The van der Waals surface area contributed by atoms with Crippen LogP contribution in [0.25, 0.3) is 0 Å². The Kier molecular flexibility index (Phi) is 4.69. The third-order valence-corrected chi connectivity index (χ3v) is 3.40. The van der Waals surface area contributed by atoms with Crippen molar-refractivity contribution in [2.45, 2.75) is 19.0 Å². The Labute approximate surface area is 130 Å². The van der Waals surface area contributed by atoms with Crippen molar-refractivity contribution in [2.75, 3.05) is 0 Å². The first kappa shape index (κ1) is 16.0. The lowest BCUT2D eigenvalue weighted by molar-refractivity contribution is -0.138. The van der Waals surface area contributed by atoms with E-state index in [9.17, 15) is 13.2 Å². The molecule has 1 nitrogen and oxygen atoms in total. The first-order valence-electron chi connectivity index (χ1n) is 6.01. The summed E-state index contributed by atoms with van der Waals surface area (Å²) in [6.07, 6.45) is -4.52. The fourth-order valence-electron chi connectivity index (χ4n) is 1.82. The summed E-state index contributed by atoms with van der Waals surface area (Å²) < 4.78 is 44.7. The zero-order valence-electron chi connectivity index (χ0n) is 11.0. The zero-order chi connectivity index (χ0) is 15.6. The van der Waals surface area contributed by atoms with Crippen LogP contribution in [-0.4, -0.2) is 0 Å². The monoisotopic (exact) mass is 334 g/mol. The minimum atomic E-state index is -4.52. The largest absolute Gasteiger partial charge is 0.456 e. The molecule has 0 aromatic heterocycles. The van der Waals surface area contributed by atoms with Crippen molar-refractivity contribution < 1.29 is 17.9 Å². The molecule has 0 atom stereocenters. The summed E-state index contributed by atoms with van der Waals surface area (Å²) in [5.74, 6) is 0.0638. The van der Waals surface area contributed by atoms with E-state index in [1.54, 1.807) is 19.1 Å². The molecule has 0 aliphatic rings. The summed E-state index contributed by atoms with van der Waals surface area (Å²) in [5, 5.41) is 0.494. The molecular weight excluding hydrogens is 324 g/mol. The van der Waals surface area contributed by atoms with Gasteiger partial charge in [0.1, 0.15) is 11.5 Å². The number of ether oxygens (including phenoxy) is 1. The lowest BCUT2D eigenvalue weighted by Gasteiger charge is -2.16. The molecule has 0 radical (unpaired) electrons. The molecule has 2 aromatic rings. The van der Waals surface area contributed by atoms with Gasteiger partial charge in [0.15, 0.2) is 0 Å². The number of aryl methyl sites for hydroxylation is 1. The second-order valence-electron chi connectivity index (χ2n) is 4.47. The second-order valence-corrected chi connectivity index (χ2v) is 5.18. The summed E-state index contributed by atoms with van der Waals surface area (Å²) in [5.41, 5.74) is 0.177. The van der Waals surface area contributed by atoms with Gasteiger partial charge in [-0.05, 0) is 48.4 Å². The van der Waals surface area contributed by atoms with Gasteiger partial charge in [-0.25, -0.2) is 0 Å². The maximum atomic E-state index is 13.1. The van der Waals surface area contributed by atoms with Crippen LogP contribution >= 0.6 is 23.2 Å². The Morgan fingerprint density at radius 3 is 2.29 bits per heavy atom. The highest BCUT2D eigenvalue weighted by Crippen LogP contribution is 2.39. The molecule has 6 heteroatoms. The van der Waals surface area contributed by atoms with Crippen LogP contribution < -0.4 is 4.74 Å². The number of hydrogen-bond donors (Lipinski definition) is 0. The van der Waals surface area contributed by atoms with Gasteiger partial charge in [0.05, 0.1) is 5.56 Å². The normalized spacial score (nSPS) is 11.5. The molecule has 0 bridgehead atoms. The molecule has 0 saturated heterocycles. The smallest absolute Gasteiger partial charge is 0.419 e. The van der Waals surface area contributed by atoms with Crippen molar-refractivity contribution in [1.82, 2.24) is 0 Å². The van der Waals surface area contributed by atoms with Crippen LogP contribution in [0.4, 0.5) is 13.2 Å². The SMILES string of the molecule is Cc1cc(Cl)ccc1Oc1ccc(CCl)cc1C(F)(F)F. The van der Waals surface area contributed by atoms with E-state index in [1.807, 2.05) is 0 Å². The molecule has 2 aromatic carbocycles. The first-order valence-corrected chi connectivity index (χ1v) is 6.92. The average Bonchev–Trinajstić information content (AvgIpc) is 2.41. The van der Waals surface area contributed by atoms with E-state index in [0.29, 0.717) is 21.9 Å². The molecule has 112 valence electrons. The topological polar surface area (TPSA) is 9.23 Å². The first-order chi connectivity index (χ1) is 9.81. The van der Waals surface area contributed by atoms with Crippen molar-refractivity contribution in [1.29, 1.82) is 0 Å². The van der Waals surface area contributed by atoms with Crippen molar-refractivity contribution in [3.8, 4) is 11.5 Å². The van der Waals surface area contributed by atoms with Crippen LogP contribution in [0.1, 0.15) is 16.7 Å². The van der Waals surface area contributed by atoms with Gasteiger partial charge < -0.3 is 4.74 Å². The minimum absolute atomic E-state index is 0.00331. The molecular formula is C15H11Cl2F3O. The van der Waals surface area contributed by atoms with E-state index >= 15 is 0 Å².